The van der Waals surface area contributed by atoms with Crippen molar-refractivity contribution in [3.05, 3.63) is 35.6 Å². The van der Waals surface area contributed by atoms with Crippen LogP contribution in [-0.4, -0.2) is 55.0 Å². The molecule has 1 saturated heterocycles. The summed E-state index contributed by atoms with van der Waals surface area (Å²) in [5.41, 5.74) is 0.954. The molecule has 1 aliphatic heterocycles. The maximum Gasteiger partial charge on any atom is 0.236 e. The molecular weight excluding hydrogens is 307 g/mol. The lowest BCUT2D eigenvalue weighted by Crippen LogP contribution is -2.46. The van der Waals surface area contributed by atoms with Crippen molar-refractivity contribution in [2.24, 2.45) is 5.92 Å². The number of halogens is 1. The van der Waals surface area contributed by atoms with Gasteiger partial charge in [0.25, 0.3) is 0 Å². The number of amides is 1. The summed E-state index contributed by atoms with van der Waals surface area (Å²) in [5.74, 6) is 0.465. The Hall–Kier alpha value is -1.46. The highest BCUT2D eigenvalue weighted by molar-refractivity contribution is 5.78. The Labute approximate surface area is 144 Å². The van der Waals surface area contributed by atoms with E-state index in [4.69, 9.17) is 4.74 Å². The van der Waals surface area contributed by atoms with Crippen LogP contribution < -0.4 is 0 Å². The molecule has 24 heavy (non-hydrogen) atoms. The van der Waals surface area contributed by atoms with Gasteiger partial charge in [-0.15, -0.1) is 0 Å². The molecule has 0 radical (unpaired) electrons. The largest absolute Gasteiger partial charge is 0.371 e. The smallest absolute Gasteiger partial charge is 0.236 e. The van der Waals surface area contributed by atoms with Crippen molar-refractivity contribution in [2.45, 2.75) is 39.3 Å². The molecule has 1 heterocycles. The van der Waals surface area contributed by atoms with Gasteiger partial charge in [-0.3, -0.25) is 9.69 Å². The van der Waals surface area contributed by atoms with Gasteiger partial charge in [-0.05, 0) is 37.0 Å². The molecule has 1 fully saturated rings. The van der Waals surface area contributed by atoms with Crippen LogP contribution in [0, 0.1) is 11.7 Å². The third kappa shape index (κ3) is 5.28. The minimum absolute atomic E-state index is 0.106. The molecule has 2 unspecified atom stereocenters. The Balaban J connectivity index is 1.90. The molecule has 2 rings (SSSR count). The van der Waals surface area contributed by atoms with Crippen molar-refractivity contribution in [1.29, 1.82) is 0 Å². The van der Waals surface area contributed by atoms with Crippen molar-refractivity contribution in [2.75, 3.05) is 33.3 Å². The number of benzene rings is 1. The van der Waals surface area contributed by atoms with Gasteiger partial charge in [0.05, 0.1) is 19.3 Å². The molecule has 0 aliphatic carbocycles. The third-order valence-electron chi connectivity index (χ3n) is 4.62. The van der Waals surface area contributed by atoms with Crippen LogP contribution in [0.4, 0.5) is 4.39 Å². The highest BCUT2D eigenvalue weighted by Gasteiger charge is 2.25. The molecule has 0 bridgehead atoms. The van der Waals surface area contributed by atoms with Crippen molar-refractivity contribution >= 4 is 5.91 Å². The number of ether oxygens (including phenoxy) is 1. The summed E-state index contributed by atoms with van der Waals surface area (Å²) < 4.78 is 18.8. The van der Waals surface area contributed by atoms with E-state index in [1.807, 2.05) is 11.9 Å². The molecule has 0 N–H and O–H groups in total. The first kappa shape index (κ1) is 18.9. The quantitative estimate of drug-likeness (QED) is 0.800. The van der Waals surface area contributed by atoms with E-state index >= 15 is 0 Å². The lowest BCUT2D eigenvalue weighted by molar-refractivity contribution is -0.135. The van der Waals surface area contributed by atoms with Gasteiger partial charge in [0.15, 0.2) is 0 Å². The van der Waals surface area contributed by atoms with Crippen molar-refractivity contribution in [1.82, 2.24) is 9.80 Å². The second-order valence-electron chi connectivity index (χ2n) is 7.13. The predicted molar refractivity (Wildman–Crippen MR) is 93.2 cm³/mol. The first-order chi connectivity index (χ1) is 11.4. The van der Waals surface area contributed by atoms with Crippen LogP contribution in [0.1, 0.15) is 38.9 Å². The van der Waals surface area contributed by atoms with E-state index < -0.39 is 0 Å². The Kier molecular flexibility index (Phi) is 6.75. The summed E-state index contributed by atoms with van der Waals surface area (Å²) in [7, 11) is 1.88. The Morgan fingerprint density at radius 3 is 2.62 bits per heavy atom. The topological polar surface area (TPSA) is 32.8 Å². The first-order valence-corrected chi connectivity index (χ1v) is 8.72. The first-order valence-electron chi connectivity index (χ1n) is 8.72. The highest BCUT2D eigenvalue weighted by Crippen LogP contribution is 2.22. The molecule has 2 atom stereocenters. The molecule has 0 spiro atoms. The van der Waals surface area contributed by atoms with Crippen molar-refractivity contribution in [3.8, 4) is 0 Å². The van der Waals surface area contributed by atoms with Gasteiger partial charge >= 0.3 is 0 Å². The number of carbonyl (C=O) groups excluding carboxylic acids is 1. The fourth-order valence-corrected chi connectivity index (χ4v) is 3.11. The summed E-state index contributed by atoms with van der Waals surface area (Å²) in [4.78, 5) is 16.5. The van der Waals surface area contributed by atoms with Gasteiger partial charge in [0, 0.05) is 26.2 Å². The van der Waals surface area contributed by atoms with Gasteiger partial charge in [-0.1, -0.05) is 26.0 Å². The Morgan fingerprint density at radius 2 is 2.00 bits per heavy atom. The lowest BCUT2D eigenvalue weighted by Gasteiger charge is -2.34. The van der Waals surface area contributed by atoms with Crippen LogP contribution in [0.5, 0.6) is 0 Å². The van der Waals surface area contributed by atoms with Gasteiger partial charge in [-0.25, -0.2) is 4.39 Å². The third-order valence-corrected chi connectivity index (χ3v) is 4.62. The number of hydrogen-bond acceptors (Lipinski definition) is 3. The van der Waals surface area contributed by atoms with Crippen LogP contribution in [0.25, 0.3) is 0 Å². The van der Waals surface area contributed by atoms with E-state index in [0.717, 1.165) is 18.5 Å². The predicted octanol–water partition coefficient (Wildman–Crippen LogP) is 3.09. The van der Waals surface area contributed by atoms with Crippen LogP contribution in [0.15, 0.2) is 24.3 Å². The molecule has 1 aromatic carbocycles. The Bertz CT molecular complexity index is 533. The summed E-state index contributed by atoms with van der Waals surface area (Å²) in [6, 6.07) is 6.64. The molecule has 134 valence electrons. The molecular formula is C19H29FN2O2. The summed E-state index contributed by atoms with van der Waals surface area (Å²) in [6.07, 6.45) is 0.898. The standard InChI is InChI=1S/C19H29FN2O2/c1-14(2)11-15(3)21(4)19(23)13-22-9-10-24-18(12-22)16-5-7-17(20)8-6-16/h5-8,14-15,18H,9-13H2,1-4H3. The maximum absolute atomic E-state index is 13.1. The van der Waals surface area contributed by atoms with E-state index in [1.165, 1.54) is 12.1 Å². The summed E-state index contributed by atoms with van der Waals surface area (Å²) in [5, 5.41) is 0. The van der Waals surface area contributed by atoms with Crippen LogP contribution in [-0.2, 0) is 9.53 Å². The molecule has 1 aromatic rings. The van der Waals surface area contributed by atoms with Crippen molar-refractivity contribution in [3.63, 3.8) is 0 Å². The molecule has 5 heteroatoms. The molecule has 4 nitrogen and oxygen atoms in total. The van der Waals surface area contributed by atoms with E-state index in [9.17, 15) is 9.18 Å². The van der Waals surface area contributed by atoms with E-state index in [0.29, 0.717) is 25.6 Å². The maximum atomic E-state index is 13.1. The zero-order valence-corrected chi connectivity index (χ0v) is 15.2. The average Bonchev–Trinajstić information content (AvgIpc) is 2.54. The van der Waals surface area contributed by atoms with E-state index in [1.54, 1.807) is 12.1 Å². The Morgan fingerprint density at radius 1 is 1.33 bits per heavy atom. The number of carbonyl (C=O) groups is 1. The minimum Gasteiger partial charge on any atom is -0.371 e. The monoisotopic (exact) mass is 336 g/mol. The van der Waals surface area contributed by atoms with E-state index in [-0.39, 0.29) is 23.9 Å². The summed E-state index contributed by atoms with van der Waals surface area (Å²) in [6.45, 7) is 8.83. The molecule has 0 aromatic heterocycles. The minimum atomic E-state index is -0.248. The number of morpholine rings is 1. The molecule has 1 amide bonds. The van der Waals surface area contributed by atoms with E-state index in [2.05, 4.69) is 25.7 Å². The van der Waals surface area contributed by atoms with Crippen molar-refractivity contribution < 1.29 is 13.9 Å². The summed E-state index contributed by atoms with van der Waals surface area (Å²) >= 11 is 0. The fraction of sp³-hybridized carbons (Fsp3) is 0.632. The zero-order chi connectivity index (χ0) is 17.7. The van der Waals surface area contributed by atoms with Crippen LogP contribution in [0.3, 0.4) is 0 Å². The number of rotatable bonds is 6. The number of likely N-dealkylation sites (N-methyl/N-ethyl adjacent to an activating group) is 1. The van der Waals surface area contributed by atoms with Gasteiger partial charge in [0.2, 0.25) is 5.91 Å². The number of nitrogens with zero attached hydrogens (tertiary/aromatic N) is 2. The molecule has 0 saturated carbocycles. The van der Waals surface area contributed by atoms with Crippen LogP contribution >= 0.6 is 0 Å². The zero-order valence-electron chi connectivity index (χ0n) is 15.2. The SMILES string of the molecule is CC(C)CC(C)N(C)C(=O)CN1CCOC(c2ccc(F)cc2)C1. The molecule has 1 aliphatic rings. The van der Waals surface area contributed by atoms with Crippen LogP contribution in [0.2, 0.25) is 0 Å². The fourth-order valence-electron chi connectivity index (χ4n) is 3.11. The lowest BCUT2D eigenvalue weighted by atomic mass is 10.0. The highest BCUT2D eigenvalue weighted by atomic mass is 19.1. The second-order valence-corrected chi connectivity index (χ2v) is 7.13. The van der Waals surface area contributed by atoms with Gasteiger partial charge in [0.1, 0.15) is 5.82 Å². The second kappa shape index (κ2) is 8.58. The van der Waals surface area contributed by atoms with Gasteiger partial charge < -0.3 is 9.64 Å². The average molecular weight is 336 g/mol. The normalized spacial score (nSPS) is 20.2. The number of hydrogen-bond donors (Lipinski definition) is 0. The van der Waals surface area contributed by atoms with Gasteiger partial charge in [-0.2, -0.15) is 0 Å².